The van der Waals surface area contributed by atoms with Gasteiger partial charge in [0.15, 0.2) is 0 Å². The standard InChI is InChI=1S/C16H24N2O/c1-2-12-18-16(15(17)19)11-7-6-10-14(16)13-8-4-3-5-9-13/h3-5,8-9,14,18H,2,6-7,10-12H2,1H3,(H2,17,19). The van der Waals surface area contributed by atoms with Gasteiger partial charge in [0.05, 0.1) is 0 Å². The third-order valence-corrected chi connectivity index (χ3v) is 4.24. The van der Waals surface area contributed by atoms with E-state index in [2.05, 4.69) is 24.4 Å². The molecule has 2 rings (SSSR count). The number of carbonyl (C=O) groups excluding carboxylic acids is 1. The Bertz CT molecular complexity index is 418. The zero-order valence-corrected chi connectivity index (χ0v) is 11.7. The van der Waals surface area contributed by atoms with Crippen molar-refractivity contribution >= 4 is 5.91 Å². The second kappa shape index (κ2) is 6.20. The maximum absolute atomic E-state index is 12.1. The molecule has 1 aromatic rings. The smallest absolute Gasteiger partial charge is 0.238 e. The Labute approximate surface area is 115 Å². The van der Waals surface area contributed by atoms with E-state index < -0.39 is 5.54 Å². The van der Waals surface area contributed by atoms with Gasteiger partial charge in [-0.05, 0) is 31.4 Å². The monoisotopic (exact) mass is 260 g/mol. The highest BCUT2D eigenvalue weighted by atomic mass is 16.1. The molecular formula is C16H24N2O. The Morgan fingerprint density at radius 3 is 2.74 bits per heavy atom. The summed E-state index contributed by atoms with van der Waals surface area (Å²) in [5.41, 5.74) is 6.44. The SMILES string of the molecule is CCCNC1(C(N)=O)CCCCC1c1ccccc1. The van der Waals surface area contributed by atoms with Crippen molar-refractivity contribution in [2.75, 3.05) is 6.54 Å². The predicted octanol–water partition coefficient (Wildman–Crippen LogP) is 2.57. The first-order chi connectivity index (χ1) is 9.20. The highest BCUT2D eigenvalue weighted by molar-refractivity contribution is 5.86. The lowest BCUT2D eigenvalue weighted by Crippen LogP contribution is -2.60. The quantitative estimate of drug-likeness (QED) is 0.855. The third kappa shape index (κ3) is 2.81. The molecule has 1 amide bonds. The van der Waals surface area contributed by atoms with Crippen molar-refractivity contribution in [3.63, 3.8) is 0 Å². The zero-order valence-electron chi connectivity index (χ0n) is 11.7. The lowest BCUT2D eigenvalue weighted by molar-refractivity contribution is -0.126. The van der Waals surface area contributed by atoms with E-state index >= 15 is 0 Å². The Morgan fingerprint density at radius 2 is 2.11 bits per heavy atom. The lowest BCUT2D eigenvalue weighted by Gasteiger charge is -2.43. The van der Waals surface area contributed by atoms with Crippen LogP contribution in [-0.2, 0) is 4.79 Å². The summed E-state index contributed by atoms with van der Waals surface area (Å²) < 4.78 is 0. The van der Waals surface area contributed by atoms with E-state index in [0.717, 1.165) is 32.2 Å². The molecule has 0 spiro atoms. The highest BCUT2D eigenvalue weighted by Crippen LogP contribution is 2.40. The maximum Gasteiger partial charge on any atom is 0.238 e. The van der Waals surface area contributed by atoms with Gasteiger partial charge in [0.25, 0.3) is 0 Å². The van der Waals surface area contributed by atoms with Crippen molar-refractivity contribution in [2.45, 2.75) is 50.5 Å². The van der Waals surface area contributed by atoms with Gasteiger partial charge in [-0.15, -0.1) is 0 Å². The second-order valence-corrected chi connectivity index (χ2v) is 5.47. The molecular weight excluding hydrogens is 236 g/mol. The minimum absolute atomic E-state index is 0.200. The Morgan fingerprint density at radius 1 is 1.37 bits per heavy atom. The van der Waals surface area contributed by atoms with Crippen molar-refractivity contribution < 1.29 is 4.79 Å². The van der Waals surface area contributed by atoms with Gasteiger partial charge in [-0.2, -0.15) is 0 Å². The molecule has 0 radical (unpaired) electrons. The summed E-state index contributed by atoms with van der Waals surface area (Å²) in [6.07, 6.45) is 5.13. The molecule has 3 N–H and O–H groups in total. The summed E-state index contributed by atoms with van der Waals surface area (Å²) in [4.78, 5) is 12.1. The fourth-order valence-corrected chi connectivity index (χ4v) is 3.25. The summed E-state index contributed by atoms with van der Waals surface area (Å²) in [6.45, 7) is 2.95. The largest absolute Gasteiger partial charge is 0.368 e. The van der Waals surface area contributed by atoms with Crippen LogP contribution in [0.5, 0.6) is 0 Å². The van der Waals surface area contributed by atoms with Crippen LogP contribution in [0.15, 0.2) is 30.3 Å². The molecule has 1 aromatic carbocycles. The van der Waals surface area contributed by atoms with Crippen LogP contribution < -0.4 is 11.1 Å². The van der Waals surface area contributed by atoms with E-state index in [1.165, 1.54) is 12.0 Å². The molecule has 0 saturated heterocycles. The topological polar surface area (TPSA) is 55.1 Å². The minimum atomic E-state index is -0.560. The fourth-order valence-electron chi connectivity index (χ4n) is 3.25. The van der Waals surface area contributed by atoms with E-state index in [4.69, 9.17) is 5.73 Å². The van der Waals surface area contributed by atoms with E-state index in [1.807, 2.05) is 18.2 Å². The molecule has 3 heteroatoms. The normalized spacial score (nSPS) is 27.1. The molecule has 1 aliphatic carbocycles. The highest BCUT2D eigenvalue weighted by Gasteiger charge is 2.45. The molecule has 0 bridgehead atoms. The van der Waals surface area contributed by atoms with Gasteiger partial charge >= 0.3 is 0 Å². The van der Waals surface area contributed by atoms with Crippen LogP contribution in [0.3, 0.4) is 0 Å². The molecule has 3 nitrogen and oxygen atoms in total. The van der Waals surface area contributed by atoms with Crippen LogP contribution in [-0.4, -0.2) is 18.0 Å². The Balaban J connectivity index is 2.33. The van der Waals surface area contributed by atoms with Crippen molar-refractivity contribution in [3.8, 4) is 0 Å². The first-order valence-electron chi connectivity index (χ1n) is 7.30. The third-order valence-electron chi connectivity index (χ3n) is 4.24. The van der Waals surface area contributed by atoms with Crippen LogP contribution >= 0.6 is 0 Å². The predicted molar refractivity (Wildman–Crippen MR) is 77.9 cm³/mol. The van der Waals surface area contributed by atoms with Crippen LogP contribution in [0.4, 0.5) is 0 Å². The second-order valence-electron chi connectivity index (χ2n) is 5.47. The van der Waals surface area contributed by atoms with Crippen LogP contribution in [0.2, 0.25) is 0 Å². The van der Waals surface area contributed by atoms with Gasteiger partial charge in [-0.3, -0.25) is 4.79 Å². The molecule has 104 valence electrons. The molecule has 2 atom stereocenters. The first kappa shape index (κ1) is 14.1. The molecule has 1 saturated carbocycles. The molecule has 0 heterocycles. The summed E-state index contributed by atoms with van der Waals surface area (Å²) in [5.74, 6) is 0.000929. The number of hydrogen-bond acceptors (Lipinski definition) is 2. The molecule has 1 aliphatic rings. The average molecular weight is 260 g/mol. The van der Waals surface area contributed by atoms with Crippen molar-refractivity contribution in [1.82, 2.24) is 5.32 Å². The number of nitrogens with two attached hydrogens (primary N) is 1. The Hall–Kier alpha value is -1.35. The molecule has 0 aromatic heterocycles. The van der Waals surface area contributed by atoms with Gasteiger partial charge in [0.1, 0.15) is 5.54 Å². The number of carbonyl (C=O) groups is 1. The summed E-state index contributed by atoms with van der Waals surface area (Å²) in [5, 5.41) is 3.46. The van der Waals surface area contributed by atoms with Gasteiger partial charge in [0, 0.05) is 5.92 Å². The lowest BCUT2D eigenvalue weighted by atomic mass is 9.69. The van der Waals surface area contributed by atoms with Crippen LogP contribution in [0, 0.1) is 0 Å². The maximum atomic E-state index is 12.1. The number of rotatable bonds is 5. The van der Waals surface area contributed by atoms with Crippen molar-refractivity contribution in [2.24, 2.45) is 5.73 Å². The van der Waals surface area contributed by atoms with Gasteiger partial charge in [-0.1, -0.05) is 50.1 Å². The molecule has 1 fully saturated rings. The number of primary amides is 1. The summed E-state index contributed by atoms with van der Waals surface area (Å²) in [7, 11) is 0. The van der Waals surface area contributed by atoms with Gasteiger partial charge < -0.3 is 11.1 Å². The first-order valence-corrected chi connectivity index (χ1v) is 7.30. The summed E-state index contributed by atoms with van der Waals surface area (Å²) in [6, 6.07) is 10.3. The molecule has 2 unspecified atom stereocenters. The summed E-state index contributed by atoms with van der Waals surface area (Å²) >= 11 is 0. The minimum Gasteiger partial charge on any atom is -0.368 e. The van der Waals surface area contributed by atoms with Gasteiger partial charge in [-0.25, -0.2) is 0 Å². The number of amides is 1. The van der Waals surface area contributed by atoms with Crippen molar-refractivity contribution in [3.05, 3.63) is 35.9 Å². The van der Waals surface area contributed by atoms with Crippen LogP contribution in [0.1, 0.15) is 50.5 Å². The number of benzene rings is 1. The van der Waals surface area contributed by atoms with E-state index in [1.54, 1.807) is 0 Å². The van der Waals surface area contributed by atoms with Crippen LogP contribution in [0.25, 0.3) is 0 Å². The zero-order chi connectivity index (χ0) is 13.7. The average Bonchev–Trinajstić information content (AvgIpc) is 2.46. The van der Waals surface area contributed by atoms with Gasteiger partial charge in [0.2, 0.25) is 5.91 Å². The molecule has 0 aliphatic heterocycles. The number of hydrogen-bond donors (Lipinski definition) is 2. The van der Waals surface area contributed by atoms with E-state index in [0.29, 0.717) is 0 Å². The van der Waals surface area contributed by atoms with Crippen molar-refractivity contribution in [1.29, 1.82) is 0 Å². The Kier molecular flexibility index (Phi) is 4.59. The molecule has 19 heavy (non-hydrogen) atoms. The van der Waals surface area contributed by atoms with E-state index in [9.17, 15) is 4.79 Å². The number of nitrogens with one attached hydrogen (secondary N) is 1. The fraction of sp³-hybridized carbons (Fsp3) is 0.562. The van der Waals surface area contributed by atoms with E-state index in [-0.39, 0.29) is 11.8 Å².